The van der Waals surface area contributed by atoms with Crippen LogP contribution in [0.2, 0.25) is 0 Å². The smallest absolute Gasteiger partial charge is 0.0471 e. The lowest BCUT2D eigenvalue weighted by Crippen LogP contribution is -1.93. The highest BCUT2D eigenvalue weighted by molar-refractivity contribution is 7.99. The Labute approximate surface area is 96.9 Å². The van der Waals surface area contributed by atoms with Crippen molar-refractivity contribution in [2.75, 3.05) is 12.4 Å². The molecule has 0 aliphatic rings. The molecule has 1 aromatic rings. The predicted octanol–water partition coefficient (Wildman–Crippen LogP) is 3.50. The Morgan fingerprint density at radius 2 is 2.00 bits per heavy atom. The van der Waals surface area contributed by atoms with E-state index in [0.29, 0.717) is 0 Å². The van der Waals surface area contributed by atoms with Crippen molar-refractivity contribution in [2.24, 2.45) is 0 Å². The van der Waals surface area contributed by atoms with Crippen molar-refractivity contribution in [1.82, 2.24) is 0 Å². The molecule has 2 heteroatoms. The molecule has 0 saturated carbocycles. The van der Waals surface area contributed by atoms with Gasteiger partial charge in [0.15, 0.2) is 0 Å². The van der Waals surface area contributed by atoms with Gasteiger partial charge in [-0.15, -0.1) is 11.8 Å². The van der Waals surface area contributed by atoms with E-state index in [1.807, 2.05) is 17.8 Å². The monoisotopic (exact) mass is 224 g/mol. The predicted molar refractivity (Wildman–Crippen MR) is 67.5 cm³/mol. The highest BCUT2D eigenvalue weighted by Gasteiger charge is 2.01. The zero-order valence-electron chi connectivity index (χ0n) is 9.41. The van der Waals surface area contributed by atoms with Gasteiger partial charge in [0.25, 0.3) is 0 Å². The first-order valence-electron chi connectivity index (χ1n) is 5.70. The van der Waals surface area contributed by atoms with Crippen molar-refractivity contribution < 1.29 is 5.11 Å². The molecule has 0 bridgehead atoms. The lowest BCUT2D eigenvalue weighted by Gasteiger charge is -2.07. The fourth-order valence-electron chi connectivity index (χ4n) is 1.51. The maximum atomic E-state index is 8.94. The number of thioether (sulfide) groups is 1. The minimum Gasteiger partial charge on any atom is -0.396 e. The first kappa shape index (κ1) is 12.6. The number of aliphatic hydroxyl groups is 1. The Kier molecular flexibility index (Phi) is 6.53. The first-order valence-corrected chi connectivity index (χ1v) is 6.68. The molecule has 0 aromatic heterocycles. The van der Waals surface area contributed by atoms with E-state index >= 15 is 0 Å². The van der Waals surface area contributed by atoms with E-state index < -0.39 is 0 Å². The average molecular weight is 224 g/mol. The molecule has 1 rings (SSSR count). The molecule has 0 unspecified atom stereocenters. The quantitative estimate of drug-likeness (QED) is 0.565. The molecule has 0 fully saturated rings. The molecule has 1 aromatic carbocycles. The number of unbranched alkanes of at least 4 members (excludes halogenated alkanes) is 2. The summed E-state index contributed by atoms with van der Waals surface area (Å²) >= 11 is 1.92. The lowest BCUT2D eigenvalue weighted by atomic mass is 10.2. The van der Waals surface area contributed by atoms with Gasteiger partial charge in [-0.3, -0.25) is 0 Å². The van der Waals surface area contributed by atoms with E-state index in [9.17, 15) is 0 Å². The number of hydrogen-bond donors (Lipinski definition) is 1. The van der Waals surface area contributed by atoms with Gasteiger partial charge >= 0.3 is 0 Å². The summed E-state index contributed by atoms with van der Waals surface area (Å²) in [5.74, 6) is 1.19. The Morgan fingerprint density at radius 1 is 1.20 bits per heavy atom. The van der Waals surface area contributed by atoms with Gasteiger partial charge in [0.1, 0.15) is 0 Å². The first-order chi connectivity index (χ1) is 7.38. The van der Waals surface area contributed by atoms with Gasteiger partial charge in [-0.2, -0.15) is 0 Å². The normalized spacial score (nSPS) is 10.5. The molecule has 1 nitrogen and oxygen atoms in total. The van der Waals surface area contributed by atoms with Crippen LogP contribution in [0, 0.1) is 0 Å². The molecule has 1 N–H and O–H groups in total. The van der Waals surface area contributed by atoms with Crippen molar-refractivity contribution in [1.29, 1.82) is 0 Å². The van der Waals surface area contributed by atoms with Crippen LogP contribution in [0.25, 0.3) is 0 Å². The maximum Gasteiger partial charge on any atom is 0.0471 e. The zero-order valence-corrected chi connectivity index (χ0v) is 10.2. The summed E-state index contributed by atoms with van der Waals surface area (Å²) in [6.07, 6.45) is 4.65. The molecule has 0 saturated heterocycles. The van der Waals surface area contributed by atoms with Gasteiger partial charge in [-0.25, -0.2) is 0 Å². The minimum absolute atomic E-state index is 0.243. The van der Waals surface area contributed by atoms with Crippen LogP contribution in [0.15, 0.2) is 29.2 Å². The molecule has 0 spiro atoms. The van der Waals surface area contributed by atoms with Crippen molar-refractivity contribution in [3.05, 3.63) is 29.8 Å². The van der Waals surface area contributed by atoms with Crippen LogP contribution in [0.4, 0.5) is 0 Å². The van der Waals surface area contributed by atoms with Crippen LogP contribution < -0.4 is 0 Å². The molecular formula is C13H20OS. The standard InChI is InChI=1S/C13H20OS/c1-2-3-6-11-15-13-8-5-4-7-12(13)9-10-14/h4-5,7-8,14H,2-3,6,9-11H2,1H3. The van der Waals surface area contributed by atoms with Gasteiger partial charge < -0.3 is 5.11 Å². The third-order valence-electron chi connectivity index (χ3n) is 2.36. The van der Waals surface area contributed by atoms with Crippen molar-refractivity contribution >= 4 is 11.8 Å². The summed E-state index contributed by atoms with van der Waals surface area (Å²) in [6.45, 7) is 2.47. The molecule has 15 heavy (non-hydrogen) atoms. The summed E-state index contributed by atoms with van der Waals surface area (Å²) in [5.41, 5.74) is 1.28. The summed E-state index contributed by atoms with van der Waals surface area (Å²) in [4.78, 5) is 1.34. The van der Waals surface area contributed by atoms with E-state index in [0.717, 1.165) is 6.42 Å². The highest BCUT2D eigenvalue weighted by Crippen LogP contribution is 2.24. The lowest BCUT2D eigenvalue weighted by molar-refractivity contribution is 0.299. The minimum atomic E-state index is 0.243. The van der Waals surface area contributed by atoms with Crippen LogP contribution in [0.1, 0.15) is 31.7 Å². The summed E-state index contributed by atoms with van der Waals surface area (Å²) in [5, 5.41) is 8.94. The molecular weight excluding hydrogens is 204 g/mol. The van der Waals surface area contributed by atoms with Gasteiger partial charge in [-0.1, -0.05) is 38.0 Å². The Balaban J connectivity index is 2.44. The van der Waals surface area contributed by atoms with Gasteiger partial charge in [0.2, 0.25) is 0 Å². The number of benzene rings is 1. The molecule has 0 aliphatic carbocycles. The third-order valence-corrected chi connectivity index (χ3v) is 3.56. The van der Waals surface area contributed by atoms with Crippen LogP contribution in [0.3, 0.4) is 0 Å². The fourth-order valence-corrected chi connectivity index (χ4v) is 2.60. The second-order valence-electron chi connectivity index (χ2n) is 3.64. The van der Waals surface area contributed by atoms with Crippen LogP contribution in [-0.2, 0) is 6.42 Å². The van der Waals surface area contributed by atoms with Crippen LogP contribution >= 0.6 is 11.8 Å². The van der Waals surface area contributed by atoms with Crippen molar-refractivity contribution in [2.45, 2.75) is 37.5 Å². The molecule has 84 valence electrons. The third kappa shape index (κ3) is 4.72. The Hall–Kier alpha value is -0.470. The topological polar surface area (TPSA) is 20.2 Å². The van der Waals surface area contributed by atoms with Crippen molar-refractivity contribution in [3.8, 4) is 0 Å². The Morgan fingerprint density at radius 3 is 2.73 bits per heavy atom. The largest absolute Gasteiger partial charge is 0.396 e. The number of hydrogen-bond acceptors (Lipinski definition) is 2. The van der Waals surface area contributed by atoms with E-state index in [1.165, 1.54) is 35.5 Å². The van der Waals surface area contributed by atoms with E-state index in [-0.39, 0.29) is 6.61 Å². The summed E-state index contributed by atoms with van der Waals surface area (Å²) in [7, 11) is 0. The van der Waals surface area contributed by atoms with Gasteiger partial charge in [0.05, 0.1) is 0 Å². The highest BCUT2D eigenvalue weighted by atomic mass is 32.2. The van der Waals surface area contributed by atoms with E-state index in [1.54, 1.807) is 0 Å². The summed E-state index contributed by atoms with van der Waals surface area (Å²) < 4.78 is 0. The Bertz CT molecular complexity index is 273. The SMILES string of the molecule is CCCCCSc1ccccc1CCO. The maximum absolute atomic E-state index is 8.94. The molecule has 0 atom stereocenters. The van der Waals surface area contributed by atoms with Gasteiger partial charge in [0, 0.05) is 11.5 Å². The van der Waals surface area contributed by atoms with E-state index in [4.69, 9.17) is 5.11 Å². The molecule has 0 heterocycles. The second-order valence-corrected chi connectivity index (χ2v) is 4.77. The van der Waals surface area contributed by atoms with E-state index in [2.05, 4.69) is 25.1 Å². The van der Waals surface area contributed by atoms with Crippen LogP contribution in [-0.4, -0.2) is 17.5 Å². The fraction of sp³-hybridized carbons (Fsp3) is 0.538. The average Bonchev–Trinajstić information content (AvgIpc) is 2.27. The molecule has 0 radical (unpaired) electrons. The second kappa shape index (κ2) is 7.77. The number of aliphatic hydroxyl groups excluding tert-OH is 1. The molecule has 0 amide bonds. The van der Waals surface area contributed by atoms with Gasteiger partial charge in [-0.05, 0) is 30.2 Å². The number of rotatable bonds is 7. The van der Waals surface area contributed by atoms with Crippen molar-refractivity contribution in [3.63, 3.8) is 0 Å². The zero-order chi connectivity index (χ0) is 10.9. The molecule has 0 aliphatic heterocycles. The summed E-state index contributed by atoms with van der Waals surface area (Å²) in [6, 6.07) is 8.38. The van der Waals surface area contributed by atoms with Crippen LogP contribution in [0.5, 0.6) is 0 Å².